The molecule has 4 nitrogen and oxygen atoms in total. The van der Waals surface area contributed by atoms with Crippen molar-refractivity contribution in [1.82, 2.24) is 9.88 Å². The lowest BCUT2D eigenvalue weighted by Crippen LogP contribution is -2.27. The monoisotopic (exact) mass is 207 g/mol. The molecular formula is C10H10FN3O. The summed E-state index contributed by atoms with van der Waals surface area (Å²) in [5.74, 6) is -0.999. The van der Waals surface area contributed by atoms with Crippen LogP contribution in [-0.4, -0.2) is 29.4 Å². The number of halogens is 1. The first-order chi connectivity index (χ1) is 7.15. The quantitative estimate of drug-likeness (QED) is 0.700. The summed E-state index contributed by atoms with van der Waals surface area (Å²) in [5, 5.41) is 8.35. The van der Waals surface area contributed by atoms with Gasteiger partial charge in [0, 0.05) is 31.4 Å². The first-order valence-corrected chi connectivity index (χ1v) is 4.39. The van der Waals surface area contributed by atoms with Crippen molar-refractivity contribution in [3.8, 4) is 6.07 Å². The molecule has 15 heavy (non-hydrogen) atoms. The van der Waals surface area contributed by atoms with E-state index in [0.717, 1.165) is 6.07 Å². The van der Waals surface area contributed by atoms with Crippen molar-refractivity contribution in [2.75, 3.05) is 13.6 Å². The van der Waals surface area contributed by atoms with Gasteiger partial charge in [-0.05, 0) is 6.07 Å². The van der Waals surface area contributed by atoms with Crippen LogP contribution in [-0.2, 0) is 0 Å². The fraction of sp³-hybridized carbons (Fsp3) is 0.300. The van der Waals surface area contributed by atoms with E-state index in [-0.39, 0.29) is 17.9 Å². The fourth-order valence-corrected chi connectivity index (χ4v) is 1.08. The summed E-state index contributed by atoms with van der Waals surface area (Å²) in [6, 6.07) is 4.45. The van der Waals surface area contributed by atoms with Gasteiger partial charge in [0.15, 0.2) is 0 Å². The molecule has 1 aromatic rings. The number of aromatic nitrogens is 1. The Labute approximate surface area is 87.0 Å². The third-order valence-corrected chi connectivity index (χ3v) is 1.88. The maximum atomic E-state index is 12.7. The molecule has 0 N–H and O–H groups in total. The molecule has 0 saturated heterocycles. The van der Waals surface area contributed by atoms with Crippen molar-refractivity contribution in [3.05, 3.63) is 29.8 Å². The number of hydrogen-bond donors (Lipinski definition) is 0. The van der Waals surface area contributed by atoms with Gasteiger partial charge < -0.3 is 4.90 Å². The minimum absolute atomic E-state index is 0.239. The summed E-state index contributed by atoms with van der Waals surface area (Å²) in [7, 11) is 1.57. The van der Waals surface area contributed by atoms with Crippen molar-refractivity contribution >= 4 is 5.91 Å². The summed E-state index contributed by atoms with van der Waals surface area (Å²) < 4.78 is 12.7. The van der Waals surface area contributed by atoms with Gasteiger partial charge in [-0.25, -0.2) is 4.98 Å². The van der Waals surface area contributed by atoms with Crippen LogP contribution >= 0.6 is 0 Å². The number of pyridine rings is 1. The predicted octanol–water partition coefficient (Wildman–Crippen LogP) is 1.21. The lowest BCUT2D eigenvalue weighted by atomic mass is 10.2. The van der Waals surface area contributed by atoms with E-state index in [9.17, 15) is 9.18 Å². The standard InChI is InChI=1S/C10H10FN3O/c1-14(6-2-4-12)10(15)8-3-5-13-9(11)7-8/h3,5,7H,2,6H2,1H3. The van der Waals surface area contributed by atoms with E-state index in [1.54, 1.807) is 7.05 Å². The zero-order chi connectivity index (χ0) is 11.3. The minimum atomic E-state index is -0.686. The molecule has 0 aliphatic carbocycles. The van der Waals surface area contributed by atoms with Gasteiger partial charge >= 0.3 is 0 Å². The summed E-state index contributed by atoms with van der Waals surface area (Å²) in [5.41, 5.74) is 0.239. The third kappa shape index (κ3) is 3.02. The summed E-state index contributed by atoms with van der Waals surface area (Å²) in [4.78, 5) is 16.4. The van der Waals surface area contributed by atoms with Crippen LogP contribution in [0.1, 0.15) is 16.8 Å². The van der Waals surface area contributed by atoms with E-state index in [4.69, 9.17) is 5.26 Å². The van der Waals surface area contributed by atoms with Crippen molar-refractivity contribution in [2.24, 2.45) is 0 Å². The molecule has 0 radical (unpaired) electrons. The third-order valence-electron chi connectivity index (χ3n) is 1.88. The van der Waals surface area contributed by atoms with Crippen LogP contribution in [0.25, 0.3) is 0 Å². The largest absolute Gasteiger partial charge is 0.341 e. The van der Waals surface area contributed by atoms with Gasteiger partial charge in [0.2, 0.25) is 5.95 Å². The highest BCUT2D eigenvalue weighted by Crippen LogP contribution is 2.04. The average Bonchev–Trinajstić information content (AvgIpc) is 2.24. The lowest BCUT2D eigenvalue weighted by Gasteiger charge is -2.14. The van der Waals surface area contributed by atoms with Crippen LogP contribution in [0.4, 0.5) is 4.39 Å². The second-order valence-electron chi connectivity index (χ2n) is 3.00. The Morgan fingerprint density at radius 1 is 1.73 bits per heavy atom. The molecule has 0 spiro atoms. The SMILES string of the molecule is CN(CCC#N)C(=O)c1ccnc(F)c1. The Balaban J connectivity index is 2.72. The molecule has 1 aromatic heterocycles. The molecule has 5 heteroatoms. The highest BCUT2D eigenvalue weighted by molar-refractivity contribution is 5.93. The van der Waals surface area contributed by atoms with Crippen molar-refractivity contribution in [3.63, 3.8) is 0 Å². The molecular weight excluding hydrogens is 197 g/mol. The van der Waals surface area contributed by atoms with Gasteiger partial charge in [0.05, 0.1) is 12.5 Å². The second-order valence-corrected chi connectivity index (χ2v) is 3.00. The van der Waals surface area contributed by atoms with Crippen LogP contribution in [0.5, 0.6) is 0 Å². The van der Waals surface area contributed by atoms with Gasteiger partial charge in [-0.2, -0.15) is 9.65 Å². The van der Waals surface area contributed by atoms with E-state index < -0.39 is 5.95 Å². The molecule has 1 heterocycles. The van der Waals surface area contributed by atoms with Gasteiger partial charge in [0.1, 0.15) is 0 Å². The Kier molecular flexibility index (Phi) is 3.75. The summed E-state index contributed by atoms with van der Waals surface area (Å²) >= 11 is 0. The van der Waals surface area contributed by atoms with Crippen LogP contribution in [0.2, 0.25) is 0 Å². The van der Waals surface area contributed by atoms with E-state index in [1.807, 2.05) is 6.07 Å². The smallest absolute Gasteiger partial charge is 0.253 e. The lowest BCUT2D eigenvalue weighted by molar-refractivity contribution is 0.0797. The number of hydrogen-bond acceptors (Lipinski definition) is 3. The summed E-state index contributed by atoms with van der Waals surface area (Å²) in [6.45, 7) is 0.333. The van der Waals surface area contributed by atoms with Crippen molar-refractivity contribution in [1.29, 1.82) is 5.26 Å². The van der Waals surface area contributed by atoms with Crippen LogP contribution in [0.15, 0.2) is 18.3 Å². The molecule has 0 aliphatic rings. The molecule has 0 unspecified atom stereocenters. The number of nitrogens with zero attached hydrogens (tertiary/aromatic N) is 3. The molecule has 1 rings (SSSR count). The normalized spacial score (nSPS) is 9.40. The van der Waals surface area contributed by atoms with E-state index in [2.05, 4.69) is 4.98 Å². The Morgan fingerprint density at radius 2 is 2.47 bits per heavy atom. The van der Waals surface area contributed by atoms with Crippen molar-refractivity contribution in [2.45, 2.75) is 6.42 Å². The molecule has 1 amide bonds. The van der Waals surface area contributed by atoms with E-state index >= 15 is 0 Å². The van der Waals surface area contributed by atoms with E-state index in [1.165, 1.54) is 17.2 Å². The maximum Gasteiger partial charge on any atom is 0.253 e. The highest BCUT2D eigenvalue weighted by atomic mass is 19.1. The first kappa shape index (κ1) is 11.1. The number of nitriles is 1. The zero-order valence-electron chi connectivity index (χ0n) is 8.27. The Morgan fingerprint density at radius 3 is 3.07 bits per heavy atom. The van der Waals surface area contributed by atoms with E-state index in [0.29, 0.717) is 6.54 Å². The maximum absolute atomic E-state index is 12.7. The fourth-order valence-electron chi connectivity index (χ4n) is 1.08. The molecule has 0 fully saturated rings. The highest BCUT2D eigenvalue weighted by Gasteiger charge is 2.11. The van der Waals surface area contributed by atoms with Crippen LogP contribution in [0, 0.1) is 17.3 Å². The zero-order valence-corrected chi connectivity index (χ0v) is 8.27. The summed E-state index contributed by atoms with van der Waals surface area (Å²) in [6.07, 6.45) is 1.50. The van der Waals surface area contributed by atoms with Crippen LogP contribution in [0.3, 0.4) is 0 Å². The average molecular weight is 207 g/mol. The topological polar surface area (TPSA) is 57.0 Å². The number of carbonyl (C=O) groups excluding carboxylic acids is 1. The number of amides is 1. The van der Waals surface area contributed by atoms with Crippen molar-refractivity contribution < 1.29 is 9.18 Å². The first-order valence-electron chi connectivity index (χ1n) is 4.39. The van der Waals surface area contributed by atoms with Gasteiger partial charge in [-0.1, -0.05) is 0 Å². The van der Waals surface area contributed by atoms with Crippen LogP contribution < -0.4 is 0 Å². The number of rotatable bonds is 3. The molecule has 0 aliphatic heterocycles. The molecule has 0 aromatic carbocycles. The van der Waals surface area contributed by atoms with Gasteiger partial charge in [-0.15, -0.1) is 0 Å². The molecule has 78 valence electrons. The number of carbonyl (C=O) groups is 1. The van der Waals surface area contributed by atoms with Gasteiger partial charge in [0.25, 0.3) is 5.91 Å². The second kappa shape index (κ2) is 5.05. The molecule has 0 bridgehead atoms. The Bertz CT molecular complexity index is 400. The molecule has 0 saturated carbocycles. The molecule has 0 atom stereocenters. The minimum Gasteiger partial charge on any atom is -0.341 e. The Hall–Kier alpha value is -1.96. The predicted molar refractivity (Wildman–Crippen MR) is 51.4 cm³/mol. The van der Waals surface area contributed by atoms with Gasteiger partial charge in [-0.3, -0.25) is 4.79 Å².